The molecule has 0 heterocycles. The van der Waals surface area contributed by atoms with Gasteiger partial charge in [0.25, 0.3) is 0 Å². The molecule has 0 bridgehead atoms. The monoisotopic (exact) mass is 441 g/mol. The first kappa shape index (κ1) is 25.4. The molecule has 0 aromatic heterocycles. The van der Waals surface area contributed by atoms with Crippen LogP contribution in [-0.4, -0.2) is 31.3 Å². The Balaban J connectivity index is 1.86. The first-order chi connectivity index (χ1) is 15.3. The second-order valence-corrected chi connectivity index (χ2v) is 8.99. The number of methoxy groups -OCH3 is 1. The van der Waals surface area contributed by atoms with E-state index in [-0.39, 0.29) is 42.2 Å². The first-order valence-corrected chi connectivity index (χ1v) is 11.1. The quantitative estimate of drug-likeness (QED) is 0.385. The van der Waals surface area contributed by atoms with E-state index >= 15 is 0 Å². The van der Waals surface area contributed by atoms with E-state index in [1.807, 2.05) is 62.4 Å². The number of amides is 1. The molecule has 1 aliphatic carbocycles. The van der Waals surface area contributed by atoms with Crippen molar-refractivity contribution >= 4 is 18.2 Å². The average Bonchev–Trinajstić information content (AvgIpc) is 2.78. The van der Waals surface area contributed by atoms with Gasteiger partial charge in [0.2, 0.25) is 5.91 Å². The van der Waals surface area contributed by atoms with E-state index in [2.05, 4.69) is 12.2 Å². The molecule has 1 aliphatic rings. The molecule has 1 aromatic rings. The molecule has 0 spiro atoms. The lowest BCUT2D eigenvalue weighted by Crippen LogP contribution is -2.43. The van der Waals surface area contributed by atoms with E-state index in [9.17, 15) is 14.4 Å². The number of allylic oxidation sites excluding steroid dienone is 3. The van der Waals surface area contributed by atoms with E-state index in [4.69, 9.17) is 9.47 Å². The minimum absolute atomic E-state index is 0.0292. The number of nitrogens with one attached hydrogen (secondary N) is 1. The minimum Gasteiger partial charge on any atom is -0.497 e. The van der Waals surface area contributed by atoms with E-state index in [0.29, 0.717) is 12.8 Å². The van der Waals surface area contributed by atoms with Gasteiger partial charge in [-0.3, -0.25) is 9.59 Å². The smallest absolute Gasteiger partial charge is 0.306 e. The van der Waals surface area contributed by atoms with Crippen LogP contribution in [0.15, 0.2) is 54.3 Å². The summed E-state index contributed by atoms with van der Waals surface area (Å²) in [5.41, 5.74) is 0.681. The number of esters is 1. The van der Waals surface area contributed by atoms with Crippen molar-refractivity contribution < 1.29 is 23.9 Å². The van der Waals surface area contributed by atoms with Gasteiger partial charge in [-0.1, -0.05) is 57.2 Å². The average molecular weight is 442 g/mol. The van der Waals surface area contributed by atoms with Crippen LogP contribution in [0.5, 0.6) is 0 Å². The summed E-state index contributed by atoms with van der Waals surface area (Å²) < 4.78 is 10.5. The molecule has 6 nitrogen and oxygen atoms in total. The fraction of sp³-hybridized carbons (Fsp3) is 0.500. The Morgan fingerprint density at radius 2 is 1.94 bits per heavy atom. The highest BCUT2D eigenvalue weighted by molar-refractivity contribution is 5.82. The Bertz CT molecular complexity index is 830. The van der Waals surface area contributed by atoms with Gasteiger partial charge in [0.1, 0.15) is 18.7 Å². The van der Waals surface area contributed by atoms with Gasteiger partial charge in [-0.25, -0.2) is 0 Å². The van der Waals surface area contributed by atoms with Crippen molar-refractivity contribution in [2.45, 2.75) is 59.1 Å². The fourth-order valence-corrected chi connectivity index (χ4v) is 3.83. The Hall–Kier alpha value is -2.89. The lowest BCUT2D eigenvalue weighted by atomic mass is 9.78. The summed E-state index contributed by atoms with van der Waals surface area (Å²) in [6.45, 7) is 6.16. The van der Waals surface area contributed by atoms with Crippen LogP contribution >= 0.6 is 0 Å². The van der Waals surface area contributed by atoms with Gasteiger partial charge < -0.3 is 19.6 Å². The van der Waals surface area contributed by atoms with Gasteiger partial charge in [-0.2, -0.15) is 0 Å². The standard InChI is InChI=1S/C26H35NO5/c1-19(2)23(10-11-24(29)32-18-20-8-6-5-7-9-20)25(30)27-21(17-28)16-26(3)14-12-22(31-4)13-15-26/h5-9,12-14,17,19,21,23H,10-11,15-16,18H2,1-4H3,(H,27,30)/t21?,23-,26?/m0/s1. The van der Waals surface area contributed by atoms with Gasteiger partial charge in [-0.15, -0.1) is 0 Å². The third-order valence-corrected chi connectivity index (χ3v) is 5.88. The minimum atomic E-state index is -0.596. The molecule has 2 unspecified atom stereocenters. The number of hydrogen-bond acceptors (Lipinski definition) is 5. The SMILES string of the molecule is COC1=CCC(C)(CC(C=O)NC(=O)[C@@H](CCC(=O)OCc2ccccc2)C(C)C)C=C1. The number of aldehydes is 1. The van der Waals surface area contributed by atoms with Gasteiger partial charge in [0.05, 0.1) is 13.2 Å². The number of benzene rings is 1. The van der Waals surface area contributed by atoms with E-state index in [1.165, 1.54) is 0 Å². The second-order valence-electron chi connectivity index (χ2n) is 8.99. The zero-order chi connectivity index (χ0) is 23.6. The molecule has 0 fully saturated rings. The summed E-state index contributed by atoms with van der Waals surface area (Å²) in [5.74, 6) is -0.0875. The lowest BCUT2D eigenvalue weighted by molar-refractivity contribution is -0.145. The Labute approximate surface area is 191 Å². The zero-order valence-electron chi connectivity index (χ0n) is 19.5. The van der Waals surface area contributed by atoms with Crippen molar-refractivity contribution in [2.24, 2.45) is 17.3 Å². The molecule has 0 saturated carbocycles. The van der Waals surface area contributed by atoms with Crippen LogP contribution in [0.3, 0.4) is 0 Å². The molecule has 1 amide bonds. The second kappa shape index (κ2) is 12.2. The Morgan fingerprint density at radius 3 is 2.50 bits per heavy atom. The van der Waals surface area contributed by atoms with Crippen molar-refractivity contribution in [3.63, 3.8) is 0 Å². The van der Waals surface area contributed by atoms with Crippen molar-refractivity contribution in [3.8, 4) is 0 Å². The van der Waals surface area contributed by atoms with Crippen LogP contribution in [0.1, 0.15) is 52.0 Å². The molecule has 2 rings (SSSR count). The maximum absolute atomic E-state index is 12.9. The summed E-state index contributed by atoms with van der Waals surface area (Å²) >= 11 is 0. The van der Waals surface area contributed by atoms with E-state index in [1.54, 1.807) is 7.11 Å². The van der Waals surface area contributed by atoms with Crippen LogP contribution < -0.4 is 5.32 Å². The number of carbonyl (C=O) groups excluding carboxylic acids is 3. The zero-order valence-corrected chi connectivity index (χ0v) is 19.5. The summed E-state index contributed by atoms with van der Waals surface area (Å²) in [6, 6.07) is 8.88. The predicted octanol–water partition coefficient (Wildman–Crippen LogP) is 4.35. The highest BCUT2D eigenvalue weighted by Crippen LogP contribution is 2.34. The van der Waals surface area contributed by atoms with Gasteiger partial charge in [0, 0.05) is 12.3 Å². The molecular formula is C26H35NO5. The topological polar surface area (TPSA) is 81.7 Å². The van der Waals surface area contributed by atoms with Crippen molar-refractivity contribution in [2.75, 3.05) is 7.11 Å². The normalized spacial score (nSPS) is 19.6. The third-order valence-electron chi connectivity index (χ3n) is 5.88. The van der Waals surface area contributed by atoms with Crippen LogP contribution in [-0.2, 0) is 30.5 Å². The Kier molecular flexibility index (Phi) is 9.69. The predicted molar refractivity (Wildman–Crippen MR) is 123 cm³/mol. The number of ether oxygens (including phenoxy) is 2. The molecule has 1 N–H and O–H groups in total. The van der Waals surface area contributed by atoms with E-state index in [0.717, 1.165) is 24.0 Å². The maximum atomic E-state index is 12.9. The summed E-state index contributed by atoms with van der Waals surface area (Å²) in [6.07, 6.45) is 8.45. The molecule has 3 atom stereocenters. The number of carbonyl (C=O) groups is 3. The van der Waals surface area contributed by atoms with Crippen LogP contribution in [0.25, 0.3) is 0 Å². The summed E-state index contributed by atoms with van der Waals surface area (Å²) in [7, 11) is 1.62. The lowest BCUT2D eigenvalue weighted by Gasteiger charge is -2.31. The molecule has 0 saturated heterocycles. The van der Waals surface area contributed by atoms with Crippen LogP contribution in [0, 0.1) is 17.3 Å². The Morgan fingerprint density at radius 1 is 1.22 bits per heavy atom. The highest BCUT2D eigenvalue weighted by Gasteiger charge is 2.30. The van der Waals surface area contributed by atoms with Crippen LogP contribution in [0.4, 0.5) is 0 Å². The highest BCUT2D eigenvalue weighted by atomic mass is 16.5. The van der Waals surface area contributed by atoms with E-state index < -0.39 is 6.04 Å². The third kappa shape index (κ3) is 7.98. The molecule has 0 radical (unpaired) electrons. The van der Waals surface area contributed by atoms with Gasteiger partial charge in [0.15, 0.2) is 0 Å². The molecular weight excluding hydrogens is 406 g/mol. The number of hydrogen-bond donors (Lipinski definition) is 1. The van der Waals surface area contributed by atoms with Crippen LogP contribution in [0.2, 0.25) is 0 Å². The van der Waals surface area contributed by atoms with Crippen molar-refractivity contribution in [1.82, 2.24) is 5.32 Å². The van der Waals surface area contributed by atoms with Crippen molar-refractivity contribution in [1.29, 1.82) is 0 Å². The maximum Gasteiger partial charge on any atom is 0.306 e. The molecule has 1 aromatic carbocycles. The fourth-order valence-electron chi connectivity index (χ4n) is 3.83. The molecule has 6 heteroatoms. The largest absolute Gasteiger partial charge is 0.497 e. The summed E-state index contributed by atoms with van der Waals surface area (Å²) in [5, 5.41) is 2.88. The summed E-state index contributed by atoms with van der Waals surface area (Å²) in [4.78, 5) is 36.8. The molecule has 174 valence electrons. The first-order valence-electron chi connectivity index (χ1n) is 11.1. The van der Waals surface area contributed by atoms with Gasteiger partial charge >= 0.3 is 5.97 Å². The number of rotatable bonds is 12. The van der Waals surface area contributed by atoms with Gasteiger partial charge in [-0.05, 0) is 48.3 Å². The van der Waals surface area contributed by atoms with Crippen molar-refractivity contribution in [3.05, 3.63) is 59.9 Å². The molecule has 0 aliphatic heterocycles. The molecule has 32 heavy (non-hydrogen) atoms.